The zero-order valence-corrected chi connectivity index (χ0v) is 16.8. The molecule has 1 heterocycles. The van der Waals surface area contributed by atoms with Crippen molar-refractivity contribution in [2.75, 3.05) is 12.0 Å². The molecule has 1 N–H and O–H groups in total. The van der Waals surface area contributed by atoms with Crippen LogP contribution >= 0.6 is 0 Å². The number of ether oxygens (including phenoxy) is 1. The summed E-state index contributed by atoms with van der Waals surface area (Å²) in [5, 5.41) is 2.64. The van der Waals surface area contributed by atoms with E-state index in [2.05, 4.69) is 5.32 Å². The van der Waals surface area contributed by atoms with E-state index in [1.54, 1.807) is 0 Å². The van der Waals surface area contributed by atoms with Crippen LogP contribution in [0.1, 0.15) is 51.3 Å². The maximum atomic E-state index is 13.2. The Morgan fingerprint density at radius 1 is 1.07 bits per heavy atom. The molecule has 3 amide bonds. The number of benzene rings is 2. The maximum absolute atomic E-state index is 13.2. The second-order valence-electron chi connectivity index (χ2n) is 7.04. The van der Waals surface area contributed by atoms with E-state index in [4.69, 9.17) is 4.74 Å². The third-order valence-corrected chi connectivity index (χ3v) is 5.19. The maximum Gasteiger partial charge on any atom is 0.328 e. The average molecular weight is 412 g/mol. The molecule has 0 aromatic heterocycles. The highest BCUT2D eigenvalue weighted by atomic mass is 19.1. The van der Waals surface area contributed by atoms with Crippen LogP contribution < -0.4 is 10.2 Å². The van der Waals surface area contributed by atoms with E-state index in [0.29, 0.717) is 6.42 Å². The summed E-state index contributed by atoms with van der Waals surface area (Å²) in [5.41, 5.74) is 0.576. The molecule has 0 saturated heterocycles. The number of carbonyl (C=O) groups excluding carboxylic acids is 4. The first-order valence-corrected chi connectivity index (χ1v) is 9.45. The van der Waals surface area contributed by atoms with Gasteiger partial charge in [0.25, 0.3) is 17.7 Å². The van der Waals surface area contributed by atoms with Gasteiger partial charge in [0, 0.05) is 5.56 Å². The van der Waals surface area contributed by atoms with Gasteiger partial charge < -0.3 is 10.1 Å². The molecule has 2 aromatic carbocycles. The van der Waals surface area contributed by atoms with Crippen LogP contribution in [0.5, 0.6) is 0 Å². The quantitative estimate of drug-likeness (QED) is 0.582. The number of halogens is 1. The average Bonchev–Trinajstić information content (AvgIpc) is 3.01. The highest BCUT2D eigenvalue weighted by Gasteiger charge is 2.37. The third-order valence-electron chi connectivity index (χ3n) is 5.19. The molecule has 0 saturated carbocycles. The number of esters is 1. The zero-order chi connectivity index (χ0) is 22.0. The summed E-state index contributed by atoms with van der Waals surface area (Å²) in [5.74, 6) is -2.94. The van der Waals surface area contributed by atoms with Crippen molar-refractivity contribution < 1.29 is 28.3 Å². The lowest BCUT2D eigenvalue weighted by Crippen LogP contribution is -2.45. The van der Waals surface area contributed by atoms with Crippen molar-refractivity contribution in [3.8, 4) is 0 Å². The Bertz CT molecular complexity index is 1020. The molecule has 2 aromatic rings. The lowest BCUT2D eigenvalue weighted by molar-refractivity contribution is -0.144. The molecule has 2 atom stereocenters. The Morgan fingerprint density at radius 3 is 2.30 bits per heavy atom. The van der Waals surface area contributed by atoms with Crippen LogP contribution in [0.15, 0.2) is 42.5 Å². The van der Waals surface area contributed by atoms with Crippen molar-refractivity contribution in [1.29, 1.82) is 0 Å². The van der Waals surface area contributed by atoms with E-state index in [9.17, 15) is 23.6 Å². The predicted molar refractivity (Wildman–Crippen MR) is 107 cm³/mol. The number of hydrogen-bond donors (Lipinski definition) is 1. The standard InChI is InChI=1S/C22H21FN2O5/c1-4-12(2)18(22(29)30-3)24-19(26)13-5-10-16-17(11-13)21(28)25(20(16)27)15-8-6-14(23)7-9-15/h5-12,18H,4H2,1-3H3,(H,24,26)/t12-,18+/m1/s1. The molecule has 1 aliphatic rings. The van der Waals surface area contributed by atoms with E-state index >= 15 is 0 Å². The minimum Gasteiger partial charge on any atom is -0.467 e. The molecule has 156 valence electrons. The van der Waals surface area contributed by atoms with Crippen LogP contribution in [0.25, 0.3) is 0 Å². The van der Waals surface area contributed by atoms with Crippen LogP contribution in [0.3, 0.4) is 0 Å². The van der Waals surface area contributed by atoms with Crippen molar-refractivity contribution >= 4 is 29.4 Å². The first kappa shape index (κ1) is 21.2. The highest BCUT2D eigenvalue weighted by molar-refractivity contribution is 6.34. The van der Waals surface area contributed by atoms with Gasteiger partial charge in [0.1, 0.15) is 11.9 Å². The van der Waals surface area contributed by atoms with Crippen LogP contribution in [-0.2, 0) is 9.53 Å². The topological polar surface area (TPSA) is 92.8 Å². The second kappa shape index (κ2) is 8.44. The van der Waals surface area contributed by atoms with Gasteiger partial charge in [0.2, 0.25) is 0 Å². The summed E-state index contributed by atoms with van der Waals surface area (Å²) in [6, 6.07) is 8.26. The number of carbonyl (C=O) groups is 4. The molecule has 0 aliphatic carbocycles. The summed E-state index contributed by atoms with van der Waals surface area (Å²) < 4.78 is 17.9. The van der Waals surface area contributed by atoms with Gasteiger partial charge in [0.15, 0.2) is 0 Å². The molecular formula is C22H21FN2O5. The second-order valence-corrected chi connectivity index (χ2v) is 7.04. The molecule has 0 unspecified atom stereocenters. The van der Waals surface area contributed by atoms with Crippen molar-refractivity contribution in [3.63, 3.8) is 0 Å². The first-order valence-electron chi connectivity index (χ1n) is 9.45. The zero-order valence-electron chi connectivity index (χ0n) is 16.8. The minimum atomic E-state index is -0.839. The van der Waals surface area contributed by atoms with Gasteiger partial charge >= 0.3 is 5.97 Å². The summed E-state index contributed by atoms with van der Waals surface area (Å²) in [7, 11) is 1.24. The fourth-order valence-electron chi connectivity index (χ4n) is 3.23. The van der Waals surface area contributed by atoms with Gasteiger partial charge in [-0.25, -0.2) is 14.1 Å². The Labute approximate surface area is 172 Å². The first-order chi connectivity index (χ1) is 14.3. The van der Waals surface area contributed by atoms with Crippen molar-refractivity contribution in [2.24, 2.45) is 5.92 Å². The summed E-state index contributed by atoms with van der Waals surface area (Å²) in [4.78, 5) is 51.1. The molecule has 1 aliphatic heterocycles. The molecule has 0 spiro atoms. The van der Waals surface area contributed by atoms with Crippen molar-refractivity contribution in [1.82, 2.24) is 5.32 Å². The number of methoxy groups -OCH3 is 1. The van der Waals surface area contributed by atoms with Gasteiger partial charge in [-0.3, -0.25) is 14.4 Å². The summed E-state index contributed by atoms with van der Waals surface area (Å²) in [6.07, 6.45) is 0.643. The SMILES string of the molecule is CC[C@@H](C)[C@H](NC(=O)c1ccc2c(c1)C(=O)N(c1ccc(F)cc1)C2=O)C(=O)OC. The fourth-order valence-corrected chi connectivity index (χ4v) is 3.23. The number of nitrogens with zero attached hydrogens (tertiary/aromatic N) is 1. The van der Waals surface area contributed by atoms with Gasteiger partial charge in [-0.05, 0) is 48.4 Å². The number of anilines is 1. The van der Waals surface area contributed by atoms with Crippen molar-refractivity contribution in [3.05, 3.63) is 65.0 Å². The van der Waals surface area contributed by atoms with E-state index in [1.807, 2.05) is 13.8 Å². The fraction of sp³-hybridized carbons (Fsp3) is 0.273. The predicted octanol–water partition coefficient (Wildman–Crippen LogP) is 2.94. The number of amides is 3. The number of rotatable bonds is 6. The lowest BCUT2D eigenvalue weighted by Gasteiger charge is -2.21. The van der Waals surface area contributed by atoms with E-state index in [-0.39, 0.29) is 28.3 Å². The van der Waals surface area contributed by atoms with Gasteiger partial charge in [-0.1, -0.05) is 20.3 Å². The van der Waals surface area contributed by atoms with E-state index < -0.39 is 35.5 Å². The Kier molecular flexibility index (Phi) is 5.96. The van der Waals surface area contributed by atoms with Crippen LogP contribution in [0.4, 0.5) is 10.1 Å². The number of nitrogens with one attached hydrogen (secondary N) is 1. The highest BCUT2D eigenvalue weighted by Crippen LogP contribution is 2.29. The number of hydrogen-bond acceptors (Lipinski definition) is 5. The van der Waals surface area contributed by atoms with E-state index in [0.717, 1.165) is 17.0 Å². The molecule has 30 heavy (non-hydrogen) atoms. The van der Waals surface area contributed by atoms with Gasteiger partial charge in [-0.15, -0.1) is 0 Å². The van der Waals surface area contributed by atoms with Crippen LogP contribution in [-0.4, -0.2) is 36.8 Å². The summed E-state index contributed by atoms with van der Waals surface area (Å²) >= 11 is 0. The van der Waals surface area contributed by atoms with Crippen LogP contribution in [0.2, 0.25) is 0 Å². The van der Waals surface area contributed by atoms with Gasteiger partial charge in [-0.2, -0.15) is 0 Å². The minimum absolute atomic E-state index is 0.0649. The molecule has 7 nitrogen and oxygen atoms in total. The molecular weight excluding hydrogens is 391 g/mol. The number of fused-ring (bicyclic) bond motifs is 1. The smallest absolute Gasteiger partial charge is 0.328 e. The lowest BCUT2D eigenvalue weighted by atomic mass is 9.98. The number of imide groups is 1. The Balaban J connectivity index is 1.88. The molecule has 0 radical (unpaired) electrons. The Hall–Kier alpha value is -3.55. The normalized spacial score (nSPS) is 14.9. The van der Waals surface area contributed by atoms with E-state index in [1.165, 1.54) is 37.4 Å². The molecule has 0 fully saturated rings. The third kappa shape index (κ3) is 3.80. The molecule has 0 bridgehead atoms. The van der Waals surface area contributed by atoms with Crippen LogP contribution in [0, 0.1) is 11.7 Å². The largest absolute Gasteiger partial charge is 0.467 e. The molecule has 3 rings (SSSR count). The summed E-state index contributed by atoms with van der Waals surface area (Å²) in [6.45, 7) is 3.70. The van der Waals surface area contributed by atoms with Crippen molar-refractivity contribution in [2.45, 2.75) is 26.3 Å². The monoisotopic (exact) mass is 412 g/mol. The molecule has 8 heteroatoms. The Morgan fingerprint density at radius 2 is 1.70 bits per heavy atom. The van der Waals surface area contributed by atoms with Gasteiger partial charge in [0.05, 0.1) is 23.9 Å².